The van der Waals surface area contributed by atoms with Gasteiger partial charge in [0.1, 0.15) is 11.6 Å². The second-order valence-corrected chi connectivity index (χ2v) is 7.99. The van der Waals surface area contributed by atoms with Gasteiger partial charge in [0, 0.05) is 31.1 Å². The molecule has 1 saturated heterocycles. The molecule has 1 aromatic heterocycles. The number of piperidine rings is 1. The van der Waals surface area contributed by atoms with Crippen LogP contribution in [0.15, 0.2) is 24.3 Å². The maximum Gasteiger partial charge on any atom is 0.317 e. The molecular formula is C21H28N6O2. The first-order chi connectivity index (χ1) is 14.0. The number of nitrogens with zero attached hydrogens (tertiary/aromatic N) is 4. The zero-order valence-electron chi connectivity index (χ0n) is 17.0. The highest BCUT2D eigenvalue weighted by molar-refractivity contribution is 5.95. The van der Waals surface area contributed by atoms with E-state index in [0.717, 1.165) is 42.9 Å². The molecule has 0 bridgehead atoms. The summed E-state index contributed by atoms with van der Waals surface area (Å²) in [5.74, 6) is 1.74. The summed E-state index contributed by atoms with van der Waals surface area (Å²) in [7, 11) is 0. The summed E-state index contributed by atoms with van der Waals surface area (Å²) in [6.45, 7) is 5.79. The fourth-order valence-electron chi connectivity index (χ4n) is 4.14. The maximum atomic E-state index is 12.7. The monoisotopic (exact) mass is 396 g/mol. The van der Waals surface area contributed by atoms with E-state index in [4.69, 9.17) is 0 Å². The highest BCUT2D eigenvalue weighted by Gasteiger charge is 2.27. The first-order valence-corrected chi connectivity index (χ1v) is 10.3. The lowest BCUT2D eigenvalue weighted by Crippen LogP contribution is -2.52. The van der Waals surface area contributed by atoms with Gasteiger partial charge in [-0.2, -0.15) is 5.10 Å². The number of benzene rings is 1. The van der Waals surface area contributed by atoms with Gasteiger partial charge in [-0.3, -0.25) is 4.79 Å². The molecule has 154 valence electrons. The van der Waals surface area contributed by atoms with E-state index in [1.807, 2.05) is 47.7 Å². The number of urea groups is 1. The van der Waals surface area contributed by atoms with E-state index in [1.54, 1.807) is 0 Å². The molecule has 4 rings (SSSR count). The summed E-state index contributed by atoms with van der Waals surface area (Å²) >= 11 is 0. The Morgan fingerprint density at radius 1 is 1.03 bits per heavy atom. The second-order valence-electron chi connectivity index (χ2n) is 7.99. The van der Waals surface area contributed by atoms with Crippen LogP contribution in [0.1, 0.15) is 46.8 Å². The van der Waals surface area contributed by atoms with Crippen molar-refractivity contribution >= 4 is 11.9 Å². The Hall–Kier alpha value is -2.90. The number of fused-ring (bicyclic) bond motifs is 1. The normalized spacial score (nSPS) is 19.5. The summed E-state index contributed by atoms with van der Waals surface area (Å²) < 4.78 is 1.90. The Bertz CT molecular complexity index is 900. The van der Waals surface area contributed by atoms with E-state index in [1.165, 1.54) is 0 Å². The molecule has 1 unspecified atom stereocenters. The number of amides is 3. The number of aromatic nitrogens is 3. The number of likely N-dealkylation sites (tertiary alicyclic amines) is 1. The van der Waals surface area contributed by atoms with Crippen LogP contribution >= 0.6 is 0 Å². The van der Waals surface area contributed by atoms with Gasteiger partial charge in [0.15, 0.2) is 0 Å². The number of carbonyl (C=O) groups is 2. The Kier molecular flexibility index (Phi) is 5.51. The quantitative estimate of drug-likeness (QED) is 0.828. The van der Waals surface area contributed by atoms with Crippen molar-refractivity contribution in [2.24, 2.45) is 0 Å². The van der Waals surface area contributed by atoms with E-state index in [0.29, 0.717) is 25.2 Å². The van der Waals surface area contributed by atoms with Crippen molar-refractivity contribution in [2.45, 2.75) is 58.2 Å². The zero-order chi connectivity index (χ0) is 20.4. The third kappa shape index (κ3) is 4.41. The smallest absolute Gasteiger partial charge is 0.317 e. The molecule has 8 heteroatoms. The van der Waals surface area contributed by atoms with Crippen molar-refractivity contribution in [3.8, 4) is 0 Å². The predicted molar refractivity (Wildman–Crippen MR) is 109 cm³/mol. The van der Waals surface area contributed by atoms with Gasteiger partial charge in [-0.15, -0.1) is 0 Å². The lowest BCUT2D eigenvalue weighted by Gasteiger charge is -2.34. The summed E-state index contributed by atoms with van der Waals surface area (Å²) in [6, 6.07) is 7.75. The van der Waals surface area contributed by atoms with Crippen molar-refractivity contribution in [1.29, 1.82) is 0 Å². The number of rotatable bonds is 3. The van der Waals surface area contributed by atoms with Crippen LogP contribution in [0.3, 0.4) is 0 Å². The van der Waals surface area contributed by atoms with Gasteiger partial charge in [0.05, 0.1) is 12.6 Å². The van der Waals surface area contributed by atoms with Gasteiger partial charge in [0.2, 0.25) is 0 Å². The Morgan fingerprint density at radius 3 is 2.55 bits per heavy atom. The molecule has 2 aliphatic rings. The van der Waals surface area contributed by atoms with Gasteiger partial charge in [-0.05, 0) is 44.7 Å². The number of nitrogens with one attached hydrogen (secondary N) is 2. The summed E-state index contributed by atoms with van der Waals surface area (Å²) in [5, 5.41) is 10.6. The molecule has 1 fully saturated rings. The highest BCUT2D eigenvalue weighted by atomic mass is 16.2. The fraction of sp³-hybridized carbons (Fsp3) is 0.524. The van der Waals surface area contributed by atoms with Gasteiger partial charge >= 0.3 is 6.03 Å². The van der Waals surface area contributed by atoms with Crippen molar-refractivity contribution in [3.63, 3.8) is 0 Å². The Labute approximate surface area is 170 Å². The minimum Gasteiger partial charge on any atom is -0.349 e. The standard InChI is InChI=1S/C21H28N6O2/c1-14-5-3-4-6-18(14)20(28)23-16-9-11-26(12-10-16)21(29)24-17-7-8-19-22-15(2)25-27(19)13-17/h3-6,16-17H,7-13H2,1-2H3,(H,23,28)(H,24,29). The number of hydrogen-bond acceptors (Lipinski definition) is 4. The van der Waals surface area contributed by atoms with Gasteiger partial charge in [-0.25, -0.2) is 14.5 Å². The third-order valence-corrected chi connectivity index (χ3v) is 5.80. The Balaban J connectivity index is 1.25. The lowest BCUT2D eigenvalue weighted by atomic mass is 10.0. The van der Waals surface area contributed by atoms with Crippen LogP contribution in [0.5, 0.6) is 0 Å². The van der Waals surface area contributed by atoms with E-state index in [-0.39, 0.29) is 24.0 Å². The predicted octanol–water partition coefficient (Wildman–Crippen LogP) is 1.81. The van der Waals surface area contributed by atoms with Crippen LogP contribution in [0.4, 0.5) is 4.79 Å². The fourth-order valence-corrected chi connectivity index (χ4v) is 4.14. The van der Waals surface area contributed by atoms with Crippen LogP contribution in [0, 0.1) is 13.8 Å². The average Bonchev–Trinajstić information content (AvgIpc) is 3.08. The first kappa shape index (κ1) is 19.4. The minimum absolute atomic E-state index is 0.0287. The zero-order valence-corrected chi connectivity index (χ0v) is 17.0. The van der Waals surface area contributed by atoms with Gasteiger partial charge < -0.3 is 15.5 Å². The molecule has 0 aliphatic carbocycles. The van der Waals surface area contributed by atoms with Crippen LogP contribution in [-0.4, -0.2) is 56.8 Å². The number of aryl methyl sites for hydroxylation is 3. The minimum atomic E-state index is -0.0351. The van der Waals surface area contributed by atoms with Crippen LogP contribution < -0.4 is 10.6 Å². The molecule has 2 aliphatic heterocycles. The van der Waals surface area contributed by atoms with Crippen molar-refractivity contribution < 1.29 is 9.59 Å². The van der Waals surface area contributed by atoms with Gasteiger partial charge in [-0.1, -0.05) is 18.2 Å². The van der Waals surface area contributed by atoms with E-state index in [2.05, 4.69) is 20.7 Å². The largest absolute Gasteiger partial charge is 0.349 e. The van der Waals surface area contributed by atoms with Crippen molar-refractivity contribution in [2.75, 3.05) is 13.1 Å². The number of carbonyl (C=O) groups excluding carboxylic acids is 2. The molecule has 0 spiro atoms. The van der Waals surface area contributed by atoms with E-state index >= 15 is 0 Å². The average molecular weight is 396 g/mol. The summed E-state index contributed by atoms with van der Waals surface area (Å²) in [4.78, 5) is 31.4. The van der Waals surface area contributed by atoms with Crippen molar-refractivity contribution in [3.05, 3.63) is 47.0 Å². The molecule has 1 aromatic carbocycles. The summed E-state index contributed by atoms with van der Waals surface area (Å²) in [6.07, 6.45) is 3.25. The molecule has 29 heavy (non-hydrogen) atoms. The van der Waals surface area contributed by atoms with Crippen LogP contribution in [0.25, 0.3) is 0 Å². The summed E-state index contributed by atoms with van der Waals surface area (Å²) in [5.41, 5.74) is 1.69. The lowest BCUT2D eigenvalue weighted by molar-refractivity contribution is 0.0916. The molecule has 8 nitrogen and oxygen atoms in total. The third-order valence-electron chi connectivity index (χ3n) is 5.80. The molecule has 1 atom stereocenters. The SMILES string of the molecule is Cc1nc2n(n1)CC(NC(=O)N1CCC(NC(=O)c3ccccc3C)CC1)CC2. The highest BCUT2D eigenvalue weighted by Crippen LogP contribution is 2.16. The van der Waals surface area contributed by atoms with E-state index in [9.17, 15) is 9.59 Å². The second kappa shape index (κ2) is 8.23. The molecular weight excluding hydrogens is 368 g/mol. The van der Waals surface area contributed by atoms with Gasteiger partial charge in [0.25, 0.3) is 5.91 Å². The molecule has 0 radical (unpaired) electrons. The Morgan fingerprint density at radius 2 is 1.79 bits per heavy atom. The van der Waals surface area contributed by atoms with E-state index < -0.39 is 0 Å². The number of hydrogen-bond donors (Lipinski definition) is 2. The molecule has 2 aromatic rings. The first-order valence-electron chi connectivity index (χ1n) is 10.3. The van der Waals surface area contributed by atoms with Crippen LogP contribution in [-0.2, 0) is 13.0 Å². The maximum absolute atomic E-state index is 12.7. The molecule has 0 saturated carbocycles. The van der Waals surface area contributed by atoms with Crippen LogP contribution in [0.2, 0.25) is 0 Å². The molecule has 3 amide bonds. The topological polar surface area (TPSA) is 92.2 Å². The molecule has 2 N–H and O–H groups in total. The molecule has 3 heterocycles. The van der Waals surface area contributed by atoms with Crippen molar-refractivity contribution in [1.82, 2.24) is 30.3 Å².